The zero-order valence-electron chi connectivity index (χ0n) is 14.0. The highest BCUT2D eigenvalue weighted by atomic mass is 15.2. The van der Waals surface area contributed by atoms with Crippen molar-refractivity contribution in [3.8, 4) is 0 Å². The van der Waals surface area contributed by atoms with Crippen molar-refractivity contribution in [2.24, 2.45) is 5.92 Å². The van der Waals surface area contributed by atoms with E-state index in [1.54, 1.807) is 0 Å². The van der Waals surface area contributed by atoms with Crippen molar-refractivity contribution >= 4 is 0 Å². The second-order valence-corrected chi connectivity index (χ2v) is 6.85. The lowest BCUT2D eigenvalue weighted by Gasteiger charge is -2.41. The highest BCUT2D eigenvalue weighted by Crippen LogP contribution is 2.25. The summed E-state index contributed by atoms with van der Waals surface area (Å²) in [5, 5.41) is 3.76. The van der Waals surface area contributed by atoms with Crippen molar-refractivity contribution < 1.29 is 0 Å². The molecule has 1 fully saturated rings. The van der Waals surface area contributed by atoms with E-state index >= 15 is 0 Å². The van der Waals surface area contributed by atoms with E-state index in [1.807, 2.05) is 0 Å². The van der Waals surface area contributed by atoms with Gasteiger partial charge in [-0.15, -0.1) is 0 Å². The maximum atomic E-state index is 3.76. The Morgan fingerprint density at radius 3 is 2.67 bits per heavy atom. The van der Waals surface area contributed by atoms with E-state index in [9.17, 15) is 0 Å². The Labute approximate surface area is 130 Å². The van der Waals surface area contributed by atoms with Gasteiger partial charge in [-0.1, -0.05) is 57.5 Å². The molecule has 1 heterocycles. The molecule has 0 radical (unpaired) electrons. The summed E-state index contributed by atoms with van der Waals surface area (Å²) in [5.74, 6) is 0.814. The predicted octanol–water partition coefficient (Wildman–Crippen LogP) is 4.24. The van der Waals surface area contributed by atoms with Gasteiger partial charge in [0, 0.05) is 25.2 Å². The molecular formula is C19H32N2. The van der Waals surface area contributed by atoms with Gasteiger partial charge in [0.2, 0.25) is 0 Å². The van der Waals surface area contributed by atoms with Crippen LogP contribution in [0.2, 0.25) is 0 Å². The smallest absolute Gasteiger partial charge is 0.0473 e. The molecule has 1 aliphatic heterocycles. The highest BCUT2D eigenvalue weighted by molar-refractivity contribution is 5.20. The molecule has 118 valence electrons. The quantitative estimate of drug-likeness (QED) is 0.807. The molecule has 0 saturated carbocycles. The number of rotatable bonds is 7. The average Bonchev–Trinajstić information content (AvgIpc) is 2.48. The lowest BCUT2D eigenvalue weighted by Crippen LogP contribution is -2.52. The van der Waals surface area contributed by atoms with Gasteiger partial charge in [-0.05, 0) is 37.3 Å². The summed E-state index contributed by atoms with van der Waals surface area (Å²) in [6.07, 6.45) is 5.22. The van der Waals surface area contributed by atoms with Crippen LogP contribution in [0.3, 0.4) is 0 Å². The molecule has 1 N–H and O–H groups in total. The molecule has 2 unspecified atom stereocenters. The van der Waals surface area contributed by atoms with Crippen LogP contribution in [0, 0.1) is 5.92 Å². The van der Waals surface area contributed by atoms with Crippen LogP contribution in [0.25, 0.3) is 0 Å². The highest BCUT2D eigenvalue weighted by Gasteiger charge is 2.27. The molecule has 2 heteroatoms. The molecule has 0 bridgehead atoms. The molecule has 1 aliphatic rings. The van der Waals surface area contributed by atoms with Crippen molar-refractivity contribution in [1.82, 2.24) is 10.2 Å². The second kappa shape index (κ2) is 8.55. The Kier molecular flexibility index (Phi) is 6.72. The Bertz CT molecular complexity index is 388. The van der Waals surface area contributed by atoms with Crippen LogP contribution in [0.1, 0.15) is 58.1 Å². The van der Waals surface area contributed by atoms with Crippen LogP contribution >= 0.6 is 0 Å². The van der Waals surface area contributed by atoms with Gasteiger partial charge in [-0.3, -0.25) is 4.90 Å². The van der Waals surface area contributed by atoms with E-state index in [4.69, 9.17) is 0 Å². The molecule has 1 aromatic carbocycles. The summed E-state index contributed by atoms with van der Waals surface area (Å²) in [4.78, 5) is 2.72. The number of piperazine rings is 1. The van der Waals surface area contributed by atoms with Crippen LogP contribution in [0.5, 0.6) is 0 Å². The first-order chi connectivity index (χ1) is 10.2. The second-order valence-electron chi connectivity index (χ2n) is 6.85. The van der Waals surface area contributed by atoms with Crippen LogP contribution in [-0.4, -0.2) is 30.6 Å². The lowest BCUT2D eigenvalue weighted by atomic mass is 9.98. The van der Waals surface area contributed by atoms with Gasteiger partial charge in [-0.2, -0.15) is 0 Å². The van der Waals surface area contributed by atoms with E-state index in [0.29, 0.717) is 12.1 Å². The first-order valence-corrected chi connectivity index (χ1v) is 8.73. The molecule has 2 nitrogen and oxygen atoms in total. The van der Waals surface area contributed by atoms with Crippen LogP contribution in [-0.2, 0) is 0 Å². The number of nitrogens with zero attached hydrogens (tertiary/aromatic N) is 1. The normalized spacial score (nSPS) is 23.6. The molecule has 21 heavy (non-hydrogen) atoms. The number of hydrogen-bond acceptors (Lipinski definition) is 2. The minimum absolute atomic E-state index is 0.548. The van der Waals surface area contributed by atoms with Crippen molar-refractivity contribution in [3.63, 3.8) is 0 Å². The predicted molar refractivity (Wildman–Crippen MR) is 91.5 cm³/mol. The molecule has 1 aromatic rings. The van der Waals surface area contributed by atoms with Crippen molar-refractivity contribution in [2.75, 3.05) is 19.6 Å². The summed E-state index contributed by atoms with van der Waals surface area (Å²) in [5.41, 5.74) is 1.46. The fourth-order valence-corrected chi connectivity index (χ4v) is 3.38. The van der Waals surface area contributed by atoms with Crippen LogP contribution < -0.4 is 5.32 Å². The zero-order valence-corrected chi connectivity index (χ0v) is 14.0. The molecule has 0 aromatic heterocycles. The first-order valence-electron chi connectivity index (χ1n) is 8.73. The SMILES string of the molecule is CCCC1CN(CCCC(C)C)C(c2ccccc2)CN1. The Morgan fingerprint density at radius 2 is 2.00 bits per heavy atom. The van der Waals surface area contributed by atoms with E-state index in [-0.39, 0.29) is 0 Å². The number of nitrogens with one attached hydrogen (secondary N) is 1. The Morgan fingerprint density at radius 1 is 1.24 bits per heavy atom. The number of benzene rings is 1. The van der Waals surface area contributed by atoms with Crippen molar-refractivity contribution in [2.45, 2.75) is 58.5 Å². The maximum Gasteiger partial charge on any atom is 0.0473 e. The summed E-state index contributed by atoms with van der Waals surface area (Å²) in [7, 11) is 0. The summed E-state index contributed by atoms with van der Waals surface area (Å²) >= 11 is 0. The van der Waals surface area contributed by atoms with Crippen LogP contribution in [0.15, 0.2) is 30.3 Å². The molecule has 0 aliphatic carbocycles. The molecule has 2 rings (SSSR count). The first kappa shape index (κ1) is 16.5. The van der Waals surface area contributed by atoms with Gasteiger partial charge >= 0.3 is 0 Å². The van der Waals surface area contributed by atoms with Gasteiger partial charge in [-0.25, -0.2) is 0 Å². The Hall–Kier alpha value is -0.860. The molecule has 0 spiro atoms. The monoisotopic (exact) mass is 288 g/mol. The number of hydrogen-bond donors (Lipinski definition) is 1. The van der Waals surface area contributed by atoms with E-state index < -0.39 is 0 Å². The third-order valence-corrected chi connectivity index (χ3v) is 4.54. The van der Waals surface area contributed by atoms with Gasteiger partial charge in [0.1, 0.15) is 0 Å². The lowest BCUT2D eigenvalue weighted by molar-refractivity contribution is 0.123. The third-order valence-electron chi connectivity index (χ3n) is 4.54. The average molecular weight is 288 g/mol. The topological polar surface area (TPSA) is 15.3 Å². The van der Waals surface area contributed by atoms with Gasteiger partial charge in [0.15, 0.2) is 0 Å². The molecule has 0 amide bonds. The van der Waals surface area contributed by atoms with E-state index in [0.717, 1.165) is 12.5 Å². The van der Waals surface area contributed by atoms with E-state index in [2.05, 4.69) is 61.3 Å². The van der Waals surface area contributed by atoms with Gasteiger partial charge in [0.25, 0.3) is 0 Å². The zero-order chi connectivity index (χ0) is 15.1. The molecular weight excluding hydrogens is 256 g/mol. The third kappa shape index (κ3) is 5.12. The molecule has 1 saturated heterocycles. The van der Waals surface area contributed by atoms with Crippen molar-refractivity contribution in [1.29, 1.82) is 0 Å². The maximum absolute atomic E-state index is 3.76. The van der Waals surface area contributed by atoms with Gasteiger partial charge in [0.05, 0.1) is 0 Å². The van der Waals surface area contributed by atoms with Gasteiger partial charge < -0.3 is 5.32 Å². The minimum Gasteiger partial charge on any atom is -0.311 e. The summed E-state index contributed by atoms with van der Waals surface area (Å²) < 4.78 is 0. The van der Waals surface area contributed by atoms with Crippen LogP contribution in [0.4, 0.5) is 0 Å². The fraction of sp³-hybridized carbons (Fsp3) is 0.684. The molecule has 2 atom stereocenters. The fourth-order valence-electron chi connectivity index (χ4n) is 3.38. The Balaban J connectivity index is 1.99. The standard InChI is InChI=1S/C19H32N2/c1-4-9-18-15-21(13-8-10-16(2)3)19(14-20-18)17-11-6-5-7-12-17/h5-7,11-12,16,18-20H,4,8-10,13-15H2,1-3H3. The minimum atomic E-state index is 0.548. The summed E-state index contributed by atoms with van der Waals surface area (Å²) in [6.45, 7) is 10.5. The van der Waals surface area contributed by atoms with Crippen molar-refractivity contribution in [3.05, 3.63) is 35.9 Å². The van der Waals surface area contributed by atoms with E-state index in [1.165, 1.54) is 44.3 Å². The largest absolute Gasteiger partial charge is 0.311 e. The summed E-state index contributed by atoms with van der Waals surface area (Å²) in [6, 6.07) is 12.2.